The quantitative estimate of drug-likeness (QED) is 0.0914. The largest absolute Gasteiger partial charge is 0.497 e. The predicted octanol–water partition coefficient (Wildman–Crippen LogP) is 7.31. The average Bonchev–Trinajstić information content (AvgIpc) is 3.01. The van der Waals surface area contributed by atoms with Crippen molar-refractivity contribution in [3.8, 4) is 23.3 Å². The molecule has 3 aromatic rings. The normalized spacial score (nSPS) is 12.4. The SMILES string of the molecule is COc1ccc(C(OCCOP(OCCC#N)N(C(C)C)C(C)C)(c2ccc(OC)cc2)c2ccc(OC)cc2)cc1. The summed E-state index contributed by atoms with van der Waals surface area (Å²) in [6.07, 6.45) is 0.304. The van der Waals surface area contributed by atoms with Gasteiger partial charge in [-0.05, 0) is 80.8 Å². The van der Waals surface area contributed by atoms with Gasteiger partial charge >= 0.3 is 0 Å². The molecule has 0 radical (unpaired) electrons. The van der Waals surface area contributed by atoms with Crippen molar-refractivity contribution in [3.05, 3.63) is 89.5 Å². The molecule has 0 fully saturated rings. The van der Waals surface area contributed by atoms with Gasteiger partial charge in [-0.25, -0.2) is 4.67 Å². The van der Waals surface area contributed by atoms with Crippen LogP contribution in [-0.2, 0) is 19.4 Å². The summed E-state index contributed by atoms with van der Waals surface area (Å²) in [4.78, 5) is 0. The van der Waals surface area contributed by atoms with E-state index in [1.165, 1.54) is 0 Å². The maximum atomic E-state index is 9.04. The molecule has 0 bridgehead atoms. The van der Waals surface area contributed by atoms with Crippen molar-refractivity contribution in [2.24, 2.45) is 0 Å². The van der Waals surface area contributed by atoms with Crippen LogP contribution in [0, 0.1) is 11.3 Å². The van der Waals surface area contributed by atoms with Crippen LogP contribution in [0.5, 0.6) is 17.2 Å². The Morgan fingerprint density at radius 1 is 0.643 bits per heavy atom. The van der Waals surface area contributed by atoms with Crippen LogP contribution >= 0.6 is 8.53 Å². The van der Waals surface area contributed by atoms with Gasteiger partial charge in [0.1, 0.15) is 22.8 Å². The van der Waals surface area contributed by atoms with Gasteiger partial charge in [0.2, 0.25) is 0 Å². The third kappa shape index (κ3) is 8.22. The summed E-state index contributed by atoms with van der Waals surface area (Å²) in [5.41, 5.74) is 1.81. The lowest BCUT2D eigenvalue weighted by molar-refractivity contribution is -0.00506. The summed E-state index contributed by atoms with van der Waals surface area (Å²) in [5, 5.41) is 9.04. The summed E-state index contributed by atoms with van der Waals surface area (Å²) >= 11 is 0. The Morgan fingerprint density at radius 2 is 1.02 bits per heavy atom. The summed E-state index contributed by atoms with van der Waals surface area (Å²) in [5.74, 6) is 2.26. The molecular formula is C33H43N2O6P. The van der Waals surface area contributed by atoms with Crippen LogP contribution < -0.4 is 14.2 Å². The fourth-order valence-corrected chi connectivity index (χ4v) is 6.42. The number of benzene rings is 3. The Morgan fingerprint density at radius 3 is 1.36 bits per heavy atom. The highest BCUT2D eigenvalue weighted by Crippen LogP contribution is 2.47. The Hall–Kier alpha value is -3.18. The minimum atomic E-state index is -1.39. The number of rotatable bonds is 17. The highest BCUT2D eigenvalue weighted by atomic mass is 31.2. The van der Waals surface area contributed by atoms with Crippen LogP contribution in [0.2, 0.25) is 0 Å². The van der Waals surface area contributed by atoms with E-state index < -0.39 is 14.1 Å². The lowest BCUT2D eigenvalue weighted by atomic mass is 9.80. The third-order valence-electron chi connectivity index (χ3n) is 6.76. The van der Waals surface area contributed by atoms with E-state index in [1.807, 2.05) is 72.8 Å². The van der Waals surface area contributed by atoms with E-state index in [0.717, 1.165) is 33.9 Å². The van der Waals surface area contributed by atoms with E-state index in [9.17, 15) is 0 Å². The summed E-state index contributed by atoms with van der Waals surface area (Å²) in [6.45, 7) is 9.34. The summed E-state index contributed by atoms with van der Waals surface area (Å²) in [7, 11) is 3.56. The topological polar surface area (TPSA) is 82.4 Å². The minimum Gasteiger partial charge on any atom is -0.497 e. The second-order valence-electron chi connectivity index (χ2n) is 10.1. The number of hydrogen-bond acceptors (Lipinski definition) is 8. The van der Waals surface area contributed by atoms with Crippen molar-refractivity contribution >= 4 is 8.53 Å². The highest BCUT2D eigenvalue weighted by Gasteiger charge is 2.38. The predicted molar refractivity (Wildman–Crippen MR) is 166 cm³/mol. The van der Waals surface area contributed by atoms with Crippen LogP contribution in [0.4, 0.5) is 0 Å². The van der Waals surface area contributed by atoms with Crippen LogP contribution in [0.1, 0.15) is 50.8 Å². The molecule has 0 aliphatic rings. The third-order valence-corrected chi connectivity index (χ3v) is 8.86. The molecule has 0 aliphatic carbocycles. The van der Waals surface area contributed by atoms with Crippen LogP contribution in [-0.4, -0.2) is 57.9 Å². The van der Waals surface area contributed by atoms with Gasteiger partial charge in [0, 0.05) is 12.1 Å². The second-order valence-corrected chi connectivity index (χ2v) is 11.5. The molecule has 0 spiro atoms. The number of hydrogen-bond donors (Lipinski definition) is 0. The van der Waals surface area contributed by atoms with Gasteiger partial charge in [-0.3, -0.25) is 0 Å². The van der Waals surface area contributed by atoms with Crippen molar-refractivity contribution in [1.29, 1.82) is 5.26 Å². The van der Waals surface area contributed by atoms with Crippen LogP contribution in [0.3, 0.4) is 0 Å². The van der Waals surface area contributed by atoms with E-state index in [2.05, 4.69) is 38.4 Å². The van der Waals surface area contributed by atoms with Gasteiger partial charge in [0.15, 0.2) is 0 Å². The molecule has 1 unspecified atom stereocenters. The second kappa shape index (κ2) is 16.5. The molecule has 0 saturated heterocycles. The van der Waals surface area contributed by atoms with E-state index >= 15 is 0 Å². The molecule has 0 heterocycles. The van der Waals surface area contributed by atoms with E-state index in [0.29, 0.717) is 19.6 Å². The molecule has 0 N–H and O–H groups in total. The smallest absolute Gasteiger partial charge is 0.259 e. The molecule has 1 atom stereocenters. The van der Waals surface area contributed by atoms with Crippen LogP contribution in [0.25, 0.3) is 0 Å². The van der Waals surface area contributed by atoms with Crippen molar-refractivity contribution in [1.82, 2.24) is 4.67 Å². The number of ether oxygens (including phenoxy) is 4. The lowest BCUT2D eigenvalue weighted by Crippen LogP contribution is -2.35. The molecule has 0 saturated carbocycles. The van der Waals surface area contributed by atoms with Gasteiger partial charge in [-0.15, -0.1) is 0 Å². The maximum absolute atomic E-state index is 9.04. The van der Waals surface area contributed by atoms with Crippen molar-refractivity contribution in [2.75, 3.05) is 41.2 Å². The number of methoxy groups -OCH3 is 3. The lowest BCUT2D eigenvalue weighted by Gasteiger charge is -2.37. The van der Waals surface area contributed by atoms with Crippen molar-refractivity contribution < 1.29 is 28.0 Å². The molecule has 0 amide bonds. The monoisotopic (exact) mass is 594 g/mol. The molecule has 42 heavy (non-hydrogen) atoms. The summed E-state index contributed by atoms with van der Waals surface area (Å²) in [6, 6.07) is 26.3. The van der Waals surface area contributed by atoms with Gasteiger partial charge in [0.25, 0.3) is 8.53 Å². The zero-order valence-electron chi connectivity index (χ0n) is 25.7. The number of nitrogens with zero attached hydrogens (tertiary/aromatic N) is 2. The molecular weight excluding hydrogens is 551 g/mol. The van der Waals surface area contributed by atoms with Gasteiger partial charge in [-0.2, -0.15) is 5.26 Å². The van der Waals surface area contributed by atoms with Crippen molar-refractivity contribution in [2.45, 2.75) is 51.8 Å². The zero-order chi connectivity index (χ0) is 30.5. The Bertz CT molecular complexity index is 1120. The molecule has 226 valence electrons. The van der Waals surface area contributed by atoms with E-state index in [1.54, 1.807) is 21.3 Å². The first-order valence-electron chi connectivity index (χ1n) is 14.1. The molecule has 0 aromatic heterocycles. The van der Waals surface area contributed by atoms with E-state index in [-0.39, 0.29) is 18.7 Å². The average molecular weight is 595 g/mol. The first-order chi connectivity index (χ1) is 20.3. The number of nitriles is 1. The molecule has 8 nitrogen and oxygen atoms in total. The highest BCUT2D eigenvalue weighted by molar-refractivity contribution is 7.44. The van der Waals surface area contributed by atoms with Gasteiger partial charge < -0.3 is 28.0 Å². The molecule has 9 heteroatoms. The zero-order valence-corrected chi connectivity index (χ0v) is 26.6. The maximum Gasteiger partial charge on any atom is 0.259 e. The summed E-state index contributed by atoms with van der Waals surface area (Å²) < 4.78 is 37.9. The van der Waals surface area contributed by atoms with Gasteiger partial charge in [0.05, 0.1) is 53.6 Å². The van der Waals surface area contributed by atoms with Crippen molar-refractivity contribution in [3.63, 3.8) is 0 Å². The fraction of sp³-hybridized carbons (Fsp3) is 0.424. The molecule has 3 aromatic carbocycles. The molecule has 3 rings (SSSR count). The Labute approximate surface area is 252 Å². The Kier molecular flexibility index (Phi) is 13.1. The first kappa shape index (κ1) is 33.3. The fourth-order valence-electron chi connectivity index (χ4n) is 4.85. The van der Waals surface area contributed by atoms with Gasteiger partial charge in [-0.1, -0.05) is 36.4 Å². The molecule has 0 aliphatic heterocycles. The first-order valence-corrected chi connectivity index (χ1v) is 15.2. The van der Waals surface area contributed by atoms with E-state index in [4.69, 9.17) is 33.3 Å². The van der Waals surface area contributed by atoms with Crippen LogP contribution in [0.15, 0.2) is 72.8 Å². The minimum absolute atomic E-state index is 0.205. The standard InChI is InChI=1S/C33H43N2O6P/c1-25(2)35(26(3)4)42(40-22-8-21-34)41-24-23-39-33(27-9-15-30(36-5)16-10-27,28-11-17-31(37-6)18-12-28)29-13-19-32(38-7)20-14-29/h9-20,25-26H,8,22-24H2,1-7H3. The Balaban J connectivity index is 2.01.